The van der Waals surface area contributed by atoms with Crippen LogP contribution in [-0.4, -0.2) is 69.0 Å². The standard InChI is InChI=1S/C29H36N6O3S/c1-19-31-28(21-5-9-24(10-6-21)34(3)4)16-29(32-19)27-18-35-14-13-22(27)15-25(35)17-30-39(37,38)26-11-7-23(8-12-26)33-20(2)36/h5-12,16,22,25,27,30H,13-15,17-18H2,1-4H3,(H,33,36)/t22-,25+,27-/m0/s1. The smallest absolute Gasteiger partial charge is 0.240 e. The maximum absolute atomic E-state index is 12.9. The lowest BCUT2D eigenvalue weighted by Gasteiger charge is -2.49. The molecule has 206 valence electrons. The number of carbonyl (C=O) groups excluding carboxylic acids is 1. The molecule has 2 bridgehead atoms. The predicted octanol–water partition coefficient (Wildman–Crippen LogP) is 3.63. The van der Waals surface area contributed by atoms with Crippen molar-refractivity contribution < 1.29 is 13.2 Å². The first-order valence-electron chi connectivity index (χ1n) is 13.3. The molecule has 1 aromatic heterocycles. The molecular weight excluding hydrogens is 512 g/mol. The Hall–Kier alpha value is -3.34. The van der Waals surface area contributed by atoms with Crippen molar-refractivity contribution in [3.8, 4) is 11.3 Å². The van der Waals surface area contributed by atoms with Crippen molar-refractivity contribution in [3.63, 3.8) is 0 Å². The molecule has 2 aromatic carbocycles. The van der Waals surface area contributed by atoms with Crippen LogP contribution in [0.4, 0.5) is 11.4 Å². The van der Waals surface area contributed by atoms with Gasteiger partial charge < -0.3 is 10.2 Å². The second-order valence-corrected chi connectivity index (χ2v) is 12.5. The van der Waals surface area contributed by atoms with Crippen LogP contribution in [0.5, 0.6) is 0 Å². The molecular formula is C29H36N6O3S. The molecule has 3 aliphatic heterocycles. The van der Waals surface area contributed by atoms with Crippen molar-refractivity contribution in [2.24, 2.45) is 5.92 Å². The molecule has 2 N–H and O–H groups in total. The first-order valence-corrected chi connectivity index (χ1v) is 14.8. The topological polar surface area (TPSA) is 108 Å². The van der Waals surface area contributed by atoms with Crippen molar-refractivity contribution in [1.82, 2.24) is 19.6 Å². The molecule has 6 rings (SSSR count). The number of fused-ring (bicyclic) bond motifs is 3. The quantitative estimate of drug-likeness (QED) is 0.443. The van der Waals surface area contributed by atoms with Crippen LogP contribution >= 0.6 is 0 Å². The Morgan fingerprint density at radius 3 is 2.41 bits per heavy atom. The molecule has 0 saturated carbocycles. The molecule has 0 spiro atoms. The van der Waals surface area contributed by atoms with Crippen LogP contribution < -0.4 is 14.9 Å². The van der Waals surface area contributed by atoms with Gasteiger partial charge in [-0.1, -0.05) is 12.1 Å². The first-order chi connectivity index (χ1) is 18.6. The van der Waals surface area contributed by atoms with E-state index in [2.05, 4.69) is 50.2 Å². The van der Waals surface area contributed by atoms with Gasteiger partial charge >= 0.3 is 0 Å². The van der Waals surface area contributed by atoms with E-state index in [1.54, 1.807) is 12.1 Å². The highest BCUT2D eigenvalue weighted by Gasteiger charge is 2.41. The normalized spacial score (nSPS) is 22.5. The fourth-order valence-corrected chi connectivity index (χ4v) is 6.83. The molecule has 1 unspecified atom stereocenters. The van der Waals surface area contributed by atoms with Crippen molar-refractivity contribution in [2.45, 2.75) is 43.5 Å². The lowest BCUT2D eigenvalue weighted by molar-refractivity contribution is -0.114. The minimum absolute atomic E-state index is 0.148. The molecule has 4 atom stereocenters. The number of nitrogens with zero attached hydrogens (tertiary/aromatic N) is 4. The Bertz CT molecular complexity index is 1440. The number of aromatic nitrogens is 2. The maximum atomic E-state index is 12.9. The molecule has 1 amide bonds. The molecule has 3 fully saturated rings. The van der Waals surface area contributed by atoms with E-state index in [4.69, 9.17) is 9.97 Å². The minimum atomic E-state index is -3.65. The molecule has 3 aliphatic rings. The fourth-order valence-electron chi connectivity index (χ4n) is 5.75. The summed E-state index contributed by atoms with van der Waals surface area (Å²) in [6.45, 7) is 5.55. The van der Waals surface area contributed by atoms with E-state index in [1.807, 2.05) is 21.0 Å². The number of nitrogens with one attached hydrogen (secondary N) is 2. The zero-order valence-corrected chi connectivity index (χ0v) is 23.7. The van der Waals surface area contributed by atoms with Crippen LogP contribution in [0, 0.1) is 12.8 Å². The van der Waals surface area contributed by atoms with Gasteiger partial charge in [-0.3, -0.25) is 9.69 Å². The third-order valence-electron chi connectivity index (χ3n) is 7.79. The van der Waals surface area contributed by atoms with Crippen molar-refractivity contribution in [3.05, 3.63) is 66.1 Å². The average molecular weight is 549 g/mol. The van der Waals surface area contributed by atoms with E-state index in [0.717, 1.165) is 54.4 Å². The van der Waals surface area contributed by atoms with Crippen LogP contribution in [-0.2, 0) is 14.8 Å². The molecule has 3 aromatic rings. The molecule has 10 heteroatoms. The Labute approximate surface area is 230 Å². The van der Waals surface area contributed by atoms with Gasteiger partial charge in [0.05, 0.1) is 10.6 Å². The maximum Gasteiger partial charge on any atom is 0.240 e. The second kappa shape index (κ2) is 11.0. The van der Waals surface area contributed by atoms with E-state index in [1.165, 1.54) is 19.1 Å². The lowest BCUT2D eigenvalue weighted by atomic mass is 9.74. The largest absolute Gasteiger partial charge is 0.378 e. The fraction of sp³-hybridized carbons (Fsp3) is 0.414. The van der Waals surface area contributed by atoms with E-state index < -0.39 is 10.0 Å². The van der Waals surface area contributed by atoms with Gasteiger partial charge in [-0.15, -0.1) is 0 Å². The zero-order chi connectivity index (χ0) is 27.7. The number of aryl methyl sites for hydroxylation is 1. The van der Waals surface area contributed by atoms with Gasteiger partial charge in [0.1, 0.15) is 5.82 Å². The van der Waals surface area contributed by atoms with E-state index >= 15 is 0 Å². The Morgan fingerprint density at radius 2 is 1.79 bits per heavy atom. The number of hydrogen-bond donors (Lipinski definition) is 2. The number of hydrogen-bond acceptors (Lipinski definition) is 7. The van der Waals surface area contributed by atoms with Gasteiger partial charge in [0, 0.05) is 68.7 Å². The van der Waals surface area contributed by atoms with Gasteiger partial charge in [0.15, 0.2) is 0 Å². The third kappa shape index (κ3) is 6.13. The van der Waals surface area contributed by atoms with Crippen LogP contribution in [0.3, 0.4) is 0 Å². The van der Waals surface area contributed by atoms with Crippen LogP contribution in [0.2, 0.25) is 0 Å². The summed E-state index contributed by atoms with van der Waals surface area (Å²) >= 11 is 0. The summed E-state index contributed by atoms with van der Waals surface area (Å²) in [4.78, 5) is 25.4. The Kier molecular flexibility index (Phi) is 7.70. The number of benzene rings is 2. The van der Waals surface area contributed by atoms with E-state index in [0.29, 0.717) is 24.1 Å². The highest BCUT2D eigenvalue weighted by molar-refractivity contribution is 7.89. The summed E-state index contributed by atoms with van der Waals surface area (Å²) in [7, 11) is 0.405. The predicted molar refractivity (Wildman–Crippen MR) is 153 cm³/mol. The van der Waals surface area contributed by atoms with Gasteiger partial charge in [0.2, 0.25) is 15.9 Å². The molecule has 0 aliphatic carbocycles. The number of carbonyl (C=O) groups is 1. The van der Waals surface area contributed by atoms with Crippen LogP contribution in [0.25, 0.3) is 11.3 Å². The van der Waals surface area contributed by atoms with Gasteiger partial charge in [0.25, 0.3) is 0 Å². The highest BCUT2D eigenvalue weighted by atomic mass is 32.2. The number of amides is 1. The van der Waals surface area contributed by atoms with Crippen molar-refractivity contribution in [1.29, 1.82) is 0 Å². The third-order valence-corrected chi connectivity index (χ3v) is 9.23. The van der Waals surface area contributed by atoms with Gasteiger partial charge in [-0.2, -0.15) is 0 Å². The lowest BCUT2D eigenvalue weighted by Crippen LogP contribution is -2.56. The highest BCUT2D eigenvalue weighted by Crippen LogP contribution is 2.41. The van der Waals surface area contributed by atoms with E-state index in [9.17, 15) is 13.2 Å². The monoisotopic (exact) mass is 548 g/mol. The Morgan fingerprint density at radius 1 is 1.08 bits per heavy atom. The summed E-state index contributed by atoms with van der Waals surface area (Å²) in [5, 5.41) is 2.65. The molecule has 0 radical (unpaired) electrons. The number of anilines is 2. The summed E-state index contributed by atoms with van der Waals surface area (Å²) < 4.78 is 28.7. The van der Waals surface area contributed by atoms with Gasteiger partial charge in [-0.25, -0.2) is 23.1 Å². The summed E-state index contributed by atoms with van der Waals surface area (Å²) in [6.07, 6.45) is 2.00. The average Bonchev–Trinajstić information content (AvgIpc) is 2.92. The number of rotatable bonds is 8. The molecule has 4 heterocycles. The summed E-state index contributed by atoms with van der Waals surface area (Å²) in [5.74, 6) is 1.31. The number of piperidine rings is 3. The molecule has 9 nitrogen and oxygen atoms in total. The van der Waals surface area contributed by atoms with Gasteiger partial charge in [-0.05, 0) is 74.7 Å². The van der Waals surface area contributed by atoms with E-state index in [-0.39, 0.29) is 16.8 Å². The second-order valence-electron chi connectivity index (χ2n) is 10.8. The minimum Gasteiger partial charge on any atom is -0.378 e. The van der Waals surface area contributed by atoms with Crippen molar-refractivity contribution in [2.75, 3.05) is 43.9 Å². The molecule has 39 heavy (non-hydrogen) atoms. The van der Waals surface area contributed by atoms with Crippen LogP contribution in [0.1, 0.15) is 37.2 Å². The first kappa shape index (κ1) is 27.2. The summed E-state index contributed by atoms with van der Waals surface area (Å²) in [6, 6.07) is 16.9. The number of sulfonamides is 1. The van der Waals surface area contributed by atoms with Crippen molar-refractivity contribution >= 4 is 27.3 Å². The SMILES string of the molecule is CC(=O)Nc1ccc(S(=O)(=O)NC[C@H]2C[C@@H]3CCN2C[C@@H]3c2cc(-c3ccc(N(C)C)cc3)nc(C)n2)cc1. The molecule has 3 saturated heterocycles. The Balaban J connectivity index is 1.25. The van der Waals surface area contributed by atoms with Crippen LogP contribution in [0.15, 0.2) is 59.5 Å². The summed E-state index contributed by atoms with van der Waals surface area (Å²) in [5.41, 5.74) is 4.80. The zero-order valence-electron chi connectivity index (χ0n) is 22.9.